The molecule has 5 nitrogen and oxygen atoms in total. The maximum absolute atomic E-state index is 12.2. The van der Waals surface area contributed by atoms with E-state index < -0.39 is 5.91 Å². The van der Waals surface area contributed by atoms with Crippen molar-refractivity contribution in [2.24, 2.45) is 5.10 Å². The van der Waals surface area contributed by atoms with Crippen LogP contribution < -0.4 is 10.2 Å². The molecule has 0 spiro atoms. The monoisotopic (exact) mass is 433 g/mol. The van der Waals surface area contributed by atoms with Crippen LogP contribution >= 0.6 is 34.8 Å². The van der Waals surface area contributed by atoms with Crippen LogP contribution in [0.25, 0.3) is 0 Å². The fourth-order valence-electron chi connectivity index (χ4n) is 2.28. The van der Waals surface area contributed by atoms with Crippen LogP contribution in [0.15, 0.2) is 72.0 Å². The summed E-state index contributed by atoms with van der Waals surface area (Å²) in [6.07, 6.45) is 1.66. The van der Waals surface area contributed by atoms with Crippen LogP contribution in [0.4, 0.5) is 0 Å². The van der Waals surface area contributed by atoms with Crippen molar-refractivity contribution in [3.05, 3.63) is 93.2 Å². The van der Waals surface area contributed by atoms with E-state index >= 15 is 0 Å². The molecule has 0 radical (unpaired) electrons. The van der Waals surface area contributed by atoms with Gasteiger partial charge in [-0.05, 0) is 18.2 Å². The van der Waals surface area contributed by atoms with E-state index in [2.05, 4.69) is 15.5 Å². The van der Waals surface area contributed by atoms with E-state index in [1.165, 1.54) is 12.1 Å². The highest BCUT2D eigenvalue weighted by Gasteiger charge is 2.11. The first kappa shape index (κ1) is 20.1. The topological polar surface area (TPSA) is 63.6 Å². The van der Waals surface area contributed by atoms with Gasteiger partial charge < -0.3 is 4.74 Å². The quantitative estimate of drug-likeness (QED) is 0.338. The third kappa shape index (κ3) is 5.23. The van der Waals surface area contributed by atoms with Crippen LogP contribution in [-0.2, 0) is 4.79 Å². The number of nitrogens with one attached hydrogen (secondary N) is 1. The SMILES string of the molecule is O=C(COc1cc(Cl)c(Cl)cc1Cl)NN=C(c1ccccc1)c1ccccn1. The number of pyridine rings is 1. The summed E-state index contributed by atoms with van der Waals surface area (Å²) in [6.45, 7) is -0.300. The standard InChI is InChI=1S/C20H14Cl3N3O2/c21-14-10-16(23)18(11-15(14)22)28-12-19(27)25-26-20(13-6-2-1-3-7-13)17-8-4-5-9-24-17/h1-11H,12H2,(H,25,27). The lowest BCUT2D eigenvalue weighted by molar-refractivity contribution is -0.123. The molecule has 1 amide bonds. The molecule has 1 N–H and O–H groups in total. The Labute approximate surface area is 176 Å². The molecule has 0 unspecified atom stereocenters. The highest BCUT2D eigenvalue weighted by atomic mass is 35.5. The largest absolute Gasteiger partial charge is 0.482 e. The van der Waals surface area contributed by atoms with Gasteiger partial charge in [0.1, 0.15) is 11.5 Å². The molecular formula is C20H14Cl3N3O2. The molecule has 0 aliphatic heterocycles. The number of carbonyl (C=O) groups is 1. The molecule has 3 rings (SSSR count). The zero-order chi connectivity index (χ0) is 19.9. The van der Waals surface area contributed by atoms with Gasteiger partial charge in [-0.2, -0.15) is 5.10 Å². The number of hydrogen-bond acceptors (Lipinski definition) is 4. The molecule has 1 aromatic heterocycles. The number of halogens is 3. The van der Waals surface area contributed by atoms with Crippen molar-refractivity contribution in [2.45, 2.75) is 0 Å². The highest BCUT2D eigenvalue weighted by molar-refractivity contribution is 6.43. The number of hydrogen-bond donors (Lipinski definition) is 1. The van der Waals surface area contributed by atoms with Gasteiger partial charge in [0.2, 0.25) is 0 Å². The maximum atomic E-state index is 12.2. The Balaban J connectivity index is 1.72. The van der Waals surface area contributed by atoms with E-state index in [1.54, 1.807) is 12.3 Å². The average Bonchev–Trinajstić information content (AvgIpc) is 2.71. The van der Waals surface area contributed by atoms with Gasteiger partial charge in [0.05, 0.1) is 20.8 Å². The minimum atomic E-state index is -0.466. The first-order valence-corrected chi connectivity index (χ1v) is 9.28. The predicted octanol–water partition coefficient (Wildman–Crippen LogP) is 4.99. The molecule has 0 bridgehead atoms. The highest BCUT2D eigenvalue weighted by Crippen LogP contribution is 2.33. The minimum absolute atomic E-state index is 0.253. The van der Waals surface area contributed by atoms with Crippen LogP contribution in [-0.4, -0.2) is 23.2 Å². The van der Waals surface area contributed by atoms with Crippen molar-refractivity contribution >= 4 is 46.4 Å². The van der Waals surface area contributed by atoms with Crippen LogP contribution in [0.2, 0.25) is 15.1 Å². The fourth-order valence-corrected chi connectivity index (χ4v) is 2.87. The molecule has 2 aromatic carbocycles. The Morgan fingerprint density at radius 1 is 0.964 bits per heavy atom. The summed E-state index contributed by atoms with van der Waals surface area (Å²) in [5, 5.41) is 5.06. The van der Waals surface area contributed by atoms with Crippen LogP contribution in [0.1, 0.15) is 11.3 Å². The van der Waals surface area contributed by atoms with Gasteiger partial charge in [0.25, 0.3) is 5.91 Å². The first-order chi connectivity index (χ1) is 13.5. The Morgan fingerprint density at radius 3 is 2.39 bits per heavy atom. The first-order valence-electron chi connectivity index (χ1n) is 8.15. The average molecular weight is 435 g/mol. The smallest absolute Gasteiger partial charge is 0.277 e. The zero-order valence-corrected chi connectivity index (χ0v) is 16.7. The Morgan fingerprint density at radius 2 is 1.68 bits per heavy atom. The molecule has 0 atom stereocenters. The molecule has 0 fully saturated rings. The second kappa shape index (κ2) is 9.55. The van der Waals surface area contributed by atoms with Crippen molar-refractivity contribution in [3.8, 4) is 5.75 Å². The summed E-state index contributed by atoms with van der Waals surface area (Å²) < 4.78 is 5.41. The summed E-state index contributed by atoms with van der Waals surface area (Å²) in [6, 6.07) is 17.8. The van der Waals surface area contributed by atoms with Crippen molar-refractivity contribution < 1.29 is 9.53 Å². The summed E-state index contributed by atoms with van der Waals surface area (Å²) in [4.78, 5) is 16.5. The molecule has 0 aliphatic rings. The number of ether oxygens (including phenoxy) is 1. The molecule has 1 heterocycles. The summed E-state index contributed by atoms with van der Waals surface area (Å²) in [5.41, 5.74) is 4.45. The fraction of sp³-hybridized carbons (Fsp3) is 0.0500. The maximum Gasteiger partial charge on any atom is 0.277 e. The Bertz CT molecular complexity index is 955. The Kier molecular flexibility index (Phi) is 6.87. The van der Waals surface area contributed by atoms with E-state index in [1.807, 2.05) is 42.5 Å². The number of carbonyl (C=O) groups excluding carboxylic acids is 1. The second-order valence-corrected chi connectivity index (χ2v) is 6.78. The molecular weight excluding hydrogens is 421 g/mol. The Hall–Kier alpha value is -2.60. The van der Waals surface area contributed by atoms with Gasteiger partial charge in [-0.25, -0.2) is 5.43 Å². The minimum Gasteiger partial charge on any atom is -0.482 e. The second-order valence-electron chi connectivity index (χ2n) is 5.56. The molecule has 142 valence electrons. The molecule has 0 saturated carbocycles. The number of rotatable bonds is 6. The van der Waals surface area contributed by atoms with Gasteiger partial charge in [0.15, 0.2) is 6.61 Å². The van der Waals surface area contributed by atoms with E-state index in [0.717, 1.165) is 5.56 Å². The van der Waals surface area contributed by atoms with Crippen LogP contribution in [0.3, 0.4) is 0 Å². The summed E-state index contributed by atoms with van der Waals surface area (Å²) in [5.74, 6) is -0.213. The predicted molar refractivity (Wildman–Crippen MR) is 111 cm³/mol. The number of aromatic nitrogens is 1. The van der Waals surface area contributed by atoms with Crippen molar-refractivity contribution in [2.75, 3.05) is 6.61 Å². The van der Waals surface area contributed by atoms with E-state index in [4.69, 9.17) is 39.5 Å². The van der Waals surface area contributed by atoms with Crippen molar-refractivity contribution in [1.82, 2.24) is 10.4 Å². The third-order valence-electron chi connectivity index (χ3n) is 3.58. The van der Waals surface area contributed by atoms with Crippen molar-refractivity contribution in [3.63, 3.8) is 0 Å². The lowest BCUT2D eigenvalue weighted by Crippen LogP contribution is -2.26. The normalized spacial score (nSPS) is 11.2. The summed E-state index contributed by atoms with van der Waals surface area (Å²) in [7, 11) is 0. The number of amides is 1. The van der Waals surface area contributed by atoms with Crippen LogP contribution in [0, 0.1) is 0 Å². The van der Waals surface area contributed by atoms with Crippen molar-refractivity contribution in [1.29, 1.82) is 0 Å². The molecule has 0 aliphatic carbocycles. The third-order valence-corrected chi connectivity index (χ3v) is 4.60. The number of hydrazone groups is 1. The number of nitrogens with zero attached hydrogens (tertiary/aromatic N) is 2. The lowest BCUT2D eigenvalue weighted by Gasteiger charge is -2.09. The molecule has 0 saturated heterocycles. The van der Waals surface area contributed by atoms with Gasteiger partial charge in [-0.15, -0.1) is 0 Å². The van der Waals surface area contributed by atoms with Gasteiger partial charge >= 0.3 is 0 Å². The van der Waals surface area contributed by atoms with Gasteiger partial charge in [0, 0.05) is 17.8 Å². The molecule has 8 heteroatoms. The number of benzene rings is 2. The van der Waals surface area contributed by atoms with E-state index in [-0.39, 0.29) is 22.4 Å². The van der Waals surface area contributed by atoms with E-state index in [0.29, 0.717) is 16.4 Å². The van der Waals surface area contributed by atoms with Gasteiger partial charge in [-0.3, -0.25) is 9.78 Å². The lowest BCUT2D eigenvalue weighted by atomic mass is 10.1. The molecule has 28 heavy (non-hydrogen) atoms. The summed E-state index contributed by atoms with van der Waals surface area (Å²) >= 11 is 17.9. The van der Waals surface area contributed by atoms with E-state index in [9.17, 15) is 4.79 Å². The molecule has 3 aromatic rings. The zero-order valence-electron chi connectivity index (χ0n) is 14.4. The van der Waals surface area contributed by atoms with Crippen LogP contribution in [0.5, 0.6) is 5.75 Å². The van der Waals surface area contributed by atoms with Gasteiger partial charge in [-0.1, -0.05) is 71.2 Å².